The molecule has 1 aromatic heterocycles. The highest BCUT2D eigenvalue weighted by molar-refractivity contribution is 6.30. The van der Waals surface area contributed by atoms with Crippen molar-refractivity contribution in [3.05, 3.63) is 81.9 Å². The summed E-state index contributed by atoms with van der Waals surface area (Å²) < 4.78 is 54.6. The van der Waals surface area contributed by atoms with Crippen molar-refractivity contribution in [2.75, 3.05) is 0 Å². The van der Waals surface area contributed by atoms with E-state index in [1.807, 2.05) is 0 Å². The first kappa shape index (κ1) is 22.8. The van der Waals surface area contributed by atoms with Crippen LogP contribution in [0.15, 0.2) is 48.5 Å². The van der Waals surface area contributed by atoms with Crippen molar-refractivity contribution in [2.24, 2.45) is 5.73 Å². The molecule has 0 aliphatic rings. The Morgan fingerprint density at radius 2 is 1.97 bits per heavy atom. The number of alkyl halides is 3. The standard InChI is InChI=1S/C21H19ClF4N4O/c1-12(13-5-6-14(10-27)18(23)7-13)20(31)28-11-17-9-19(21(24,25)26)29-30(17)16-4-2-3-15(22)8-16/h2-9,12H,10-11,27H2,1H3,(H,28,31). The normalized spacial score (nSPS) is 12.6. The second-order valence-corrected chi connectivity index (χ2v) is 7.34. The topological polar surface area (TPSA) is 72.9 Å². The molecule has 0 fully saturated rings. The van der Waals surface area contributed by atoms with Crippen LogP contribution in [0, 0.1) is 5.82 Å². The molecule has 0 saturated heterocycles. The zero-order valence-electron chi connectivity index (χ0n) is 16.4. The maximum Gasteiger partial charge on any atom is 0.435 e. The minimum absolute atomic E-state index is 0.0295. The van der Waals surface area contributed by atoms with E-state index in [9.17, 15) is 22.4 Å². The predicted octanol–water partition coefficient (Wildman–Crippen LogP) is 4.56. The maximum absolute atomic E-state index is 14.0. The van der Waals surface area contributed by atoms with E-state index >= 15 is 0 Å². The summed E-state index contributed by atoms with van der Waals surface area (Å²) >= 11 is 5.94. The van der Waals surface area contributed by atoms with Crippen LogP contribution in [0.25, 0.3) is 5.69 Å². The Morgan fingerprint density at radius 1 is 1.23 bits per heavy atom. The molecule has 1 amide bonds. The molecule has 0 aliphatic heterocycles. The summed E-state index contributed by atoms with van der Waals surface area (Å²) in [4.78, 5) is 12.6. The number of nitrogens with one attached hydrogen (secondary N) is 1. The molecular weight excluding hydrogens is 436 g/mol. The number of amides is 1. The molecule has 0 aliphatic carbocycles. The Kier molecular flexibility index (Phi) is 6.66. The first-order valence-corrected chi connectivity index (χ1v) is 9.66. The quantitative estimate of drug-likeness (QED) is 0.536. The third kappa shape index (κ3) is 5.23. The van der Waals surface area contributed by atoms with Crippen molar-refractivity contribution < 1.29 is 22.4 Å². The highest BCUT2D eigenvalue weighted by Crippen LogP contribution is 2.30. The molecule has 0 spiro atoms. The fraction of sp³-hybridized carbons (Fsp3) is 0.238. The van der Waals surface area contributed by atoms with E-state index in [0.29, 0.717) is 21.8 Å². The number of rotatable bonds is 6. The molecule has 164 valence electrons. The average molecular weight is 455 g/mol. The molecule has 10 heteroatoms. The molecule has 2 aromatic carbocycles. The molecule has 1 atom stereocenters. The van der Waals surface area contributed by atoms with Crippen LogP contribution in [0.2, 0.25) is 5.02 Å². The van der Waals surface area contributed by atoms with Gasteiger partial charge in [-0.3, -0.25) is 4.79 Å². The predicted molar refractivity (Wildman–Crippen MR) is 108 cm³/mol. The second-order valence-electron chi connectivity index (χ2n) is 6.90. The summed E-state index contributed by atoms with van der Waals surface area (Å²) in [7, 11) is 0. The lowest BCUT2D eigenvalue weighted by molar-refractivity contribution is -0.141. The van der Waals surface area contributed by atoms with Gasteiger partial charge in [-0.25, -0.2) is 9.07 Å². The van der Waals surface area contributed by atoms with Gasteiger partial charge in [0.15, 0.2) is 5.69 Å². The summed E-state index contributed by atoms with van der Waals surface area (Å²) in [5, 5.41) is 6.54. The van der Waals surface area contributed by atoms with Gasteiger partial charge in [-0.1, -0.05) is 29.8 Å². The Labute approximate surface area is 180 Å². The Morgan fingerprint density at radius 3 is 2.58 bits per heavy atom. The molecule has 0 bridgehead atoms. The molecule has 31 heavy (non-hydrogen) atoms. The molecule has 1 heterocycles. The molecule has 3 rings (SSSR count). The minimum atomic E-state index is -4.65. The number of nitrogens with zero attached hydrogens (tertiary/aromatic N) is 2. The van der Waals surface area contributed by atoms with Crippen LogP contribution in [0.4, 0.5) is 17.6 Å². The second kappa shape index (κ2) is 9.07. The van der Waals surface area contributed by atoms with Gasteiger partial charge in [-0.15, -0.1) is 0 Å². The van der Waals surface area contributed by atoms with Gasteiger partial charge in [0.25, 0.3) is 0 Å². The molecule has 5 nitrogen and oxygen atoms in total. The number of carbonyl (C=O) groups excluding carboxylic acids is 1. The Bertz CT molecular complexity index is 1100. The van der Waals surface area contributed by atoms with Crippen molar-refractivity contribution in [2.45, 2.75) is 32.1 Å². The molecule has 3 aromatic rings. The number of benzene rings is 2. The number of carbonyl (C=O) groups is 1. The summed E-state index contributed by atoms with van der Waals surface area (Å²) in [6.45, 7) is 1.38. The first-order valence-electron chi connectivity index (χ1n) is 9.28. The van der Waals surface area contributed by atoms with Crippen LogP contribution in [-0.4, -0.2) is 15.7 Å². The number of halogens is 5. The van der Waals surface area contributed by atoms with Crippen LogP contribution >= 0.6 is 11.6 Å². The number of aromatic nitrogens is 2. The largest absolute Gasteiger partial charge is 0.435 e. The first-order chi connectivity index (χ1) is 14.6. The number of nitrogens with two attached hydrogens (primary N) is 1. The van der Waals surface area contributed by atoms with Crippen LogP contribution in [0.5, 0.6) is 0 Å². The van der Waals surface area contributed by atoms with E-state index in [-0.39, 0.29) is 18.8 Å². The van der Waals surface area contributed by atoms with Gasteiger partial charge in [0.1, 0.15) is 5.82 Å². The van der Waals surface area contributed by atoms with Crippen molar-refractivity contribution >= 4 is 17.5 Å². The van der Waals surface area contributed by atoms with Gasteiger partial charge in [-0.05, 0) is 42.8 Å². The smallest absolute Gasteiger partial charge is 0.350 e. The van der Waals surface area contributed by atoms with Gasteiger partial charge in [0.05, 0.1) is 23.8 Å². The lowest BCUT2D eigenvalue weighted by Crippen LogP contribution is -2.28. The number of hydrogen-bond acceptors (Lipinski definition) is 3. The zero-order chi connectivity index (χ0) is 22.8. The summed E-state index contributed by atoms with van der Waals surface area (Å²) in [5.41, 5.74) is 5.52. The monoisotopic (exact) mass is 454 g/mol. The lowest BCUT2D eigenvalue weighted by atomic mass is 9.98. The van der Waals surface area contributed by atoms with Gasteiger partial charge in [0.2, 0.25) is 5.91 Å². The molecule has 1 unspecified atom stereocenters. The summed E-state index contributed by atoms with van der Waals surface area (Å²) in [5.74, 6) is -1.73. The van der Waals surface area contributed by atoms with E-state index in [4.69, 9.17) is 17.3 Å². The van der Waals surface area contributed by atoms with Crippen LogP contribution in [0.3, 0.4) is 0 Å². The zero-order valence-corrected chi connectivity index (χ0v) is 17.1. The number of hydrogen-bond donors (Lipinski definition) is 2. The van der Waals surface area contributed by atoms with Gasteiger partial charge in [-0.2, -0.15) is 18.3 Å². The van der Waals surface area contributed by atoms with Crippen molar-refractivity contribution in [1.29, 1.82) is 0 Å². The summed E-state index contributed by atoms with van der Waals surface area (Å²) in [6, 6.07) is 11.4. The van der Waals surface area contributed by atoms with E-state index in [2.05, 4.69) is 10.4 Å². The fourth-order valence-electron chi connectivity index (χ4n) is 3.00. The molecule has 0 radical (unpaired) electrons. The van der Waals surface area contributed by atoms with E-state index < -0.39 is 29.5 Å². The lowest BCUT2D eigenvalue weighted by Gasteiger charge is -2.14. The third-order valence-electron chi connectivity index (χ3n) is 4.76. The maximum atomic E-state index is 14.0. The van der Waals surface area contributed by atoms with Crippen molar-refractivity contribution in [1.82, 2.24) is 15.1 Å². The molecular formula is C21H19ClF4N4O. The van der Waals surface area contributed by atoms with Crippen molar-refractivity contribution in [3.63, 3.8) is 0 Å². The van der Waals surface area contributed by atoms with E-state index in [1.165, 1.54) is 18.2 Å². The SMILES string of the molecule is CC(C(=O)NCc1cc(C(F)(F)F)nn1-c1cccc(Cl)c1)c1ccc(CN)c(F)c1. The van der Waals surface area contributed by atoms with Crippen molar-refractivity contribution in [3.8, 4) is 5.69 Å². The highest BCUT2D eigenvalue weighted by atomic mass is 35.5. The van der Waals surface area contributed by atoms with Gasteiger partial charge >= 0.3 is 6.18 Å². The summed E-state index contributed by atoms with van der Waals surface area (Å²) in [6.07, 6.45) is -4.65. The minimum Gasteiger partial charge on any atom is -0.350 e. The van der Waals surface area contributed by atoms with E-state index in [1.54, 1.807) is 31.2 Å². The third-order valence-corrected chi connectivity index (χ3v) is 5.00. The van der Waals surface area contributed by atoms with Crippen LogP contribution in [0.1, 0.15) is 35.4 Å². The van der Waals surface area contributed by atoms with E-state index in [0.717, 1.165) is 10.7 Å². The Balaban J connectivity index is 1.82. The van der Waals surface area contributed by atoms with Crippen LogP contribution in [-0.2, 0) is 24.1 Å². The molecule has 0 saturated carbocycles. The van der Waals surface area contributed by atoms with Gasteiger partial charge in [0, 0.05) is 17.1 Å². The van der Waals surface area contributed by atoms with Crippen LogP contribution < -0.4 is 11.1 Å². The molecule has 3 N–H and O–H groups in total. The highest BCUT2D eigenvalue weighted by Gasteiger charge is 2.35. The fourth-order valence-corrected chi connectivity index (χ4v) is 3.18. The van der Waals surface area contributed by atoms with Gasteiger partial charge < -0.3 is 11.1 Å². The average Bonchev–Trinajstić information content (AvgIpc) is 3.16. The Hall–Kier alpha value is -2.91.